The fourth-order valence-electron chi connectivity index (χ4n) is 2.73. The summed E-state index contributed by atoms with van der Waals surface area (Å²) in [7, 11) is 0. The van der Waals surface area contributed by atoms with Crippen molar-refractivity contribution in [3.63, 3.8) is 0 Å². The number of carbonyl (C=O) groups excluding carboxylic acids is 1. The lowest BCUT2D eigenvalue weighted by Crippen LogP contribution is -2.32. The van der Waals surface area contributed by atoms with E-state index in [-0.39, 0.29) is 5.12 Å². The van der Waals surface area contributed by atoms with Gasteiger partial charge in [-0.1, -0.05) is 42.4 Å². The van der Waals surface area contributed by atoms with Crippen molar-refractivity contribution in [2.24, 2.45) is 0 Å². The molecular formula is C14H17NOS. The Hall–Kier alpha value is -0.800. The Morgan fingerprint density at radius 1 is 1.18 bits per heavy atom. The number of nitrogens with zero attached hydrogens (tertiary/aromatic N) is 1. The highest BCUT2D eigenvalue weighted by atomic mass is 32.2. The van der Waals surface area contributed by atoms with Crippen LogP contribution in [-0.2, 0) is 0 Å². The Bertz CT molecular complexity index is 426. The number of rotatable bonds is 2. The lowest BCUT2D eigenvalue weighted by Gasteiger charge is -2.28. The molecule has 0 spiro atoms. The van der Waals surface area contributed by atoms with Gasteiger partial charge in [-0.15, -0.1) is 0 Å². The van der Waals surface area contributed by atoms with E-state index in [9.17, 15) is 4.79 Å². The van der Waals surface area contributed by atoms with Gasteiger partial charge in [-0.05, 0) is 31.5 Å². The van der Waals surface area contributed by atoms with Crippen LogP contribution >= 0.6 is 11.8 Å². The van der Waals surface area contributed by atoms with Crippen molar-refractivity contribution >= 4 is 16.9 Å². The molecule has 1 saturated heterocycles. The van der Waals surface area contributed by atoms with Crippen molar-refractivity contribution in [2.75, 3.05) is 19.6 Å². The summed E-state index contributed by atoms with van der Waals surface area (Å²) in [6.45, 7) is 3.44. The van der Waals surface area contributed by atoms with Gasteiger partial charge in [0.05, 0.1) is 5.25 Å². The average molecular weight is 247 g/mol. The van der Waals surface area contributed by atoms with Crippen LogP contribution in [0, 0.1) is 0 Å². The average Bonchev–Trinajstić information content (AvgIpc) is 2.69. The van der Waals surface area contributed by atoms with Crippen molar-refractivity contribution in [3.05, 3.63) is 35.4 Å². The van der Waals surface area contributed by atoms with Gasteiger partial charge in [0, 0.05) is 12.1 Å². The topological polar surface area (TPSA) is 20.3 Å². The maximum atomic E-state index is 11.9. The number of hydrogen-bond donors (Lipinski definition) is 0. The first-order valence-corrected chi connectivity index (χ1v) is 7.25. The summed E-state index contributed by atoms with van der Waals surface area (Å²) in [5, 5.41) is 0.611. The number of fused-ring (bicyclic) bond motifs is 1. The predicted octanol–water partition coefficient (Wildman–Crippen LogP) is 3.10. The van der Waals surface area contributed by atoms with Gasteiger partial charge in [0.25, 0.3) is 0 Å². The molecule has 0 aromatic heterocycles. The number of benzene rings is 1. The fourth-order valence-corrected chi connectivity index (χ4v) is 3.92. The van der Waals surface area contributed by atoms with Crippen molar-refractivity contribution in [1.82, 2.24) is 4.90 Å². The zero-order valence-electron chi connectivity index (χ0n) is 9.89. The van der Waals surface area contributed by atoms with E-state index in [1.54, 1.807) is 0 Å². The Labute approximate surface area is 106 Å². The molecule has 0 radical (unpaired) electrons. The van der Waals surface area contributed by atoms with Crippen LogP contribution in [0.4, 0.5) is 0 Å². The number of piperidine rings is 1. The second kappa shape index (κ2) is 4.83. The van der Waals surface area contributed by atoms with E-state index in [2.05, 4.69) is 11.0 Å². The van der Waals surface area contributed by atoms with Gasteiger partial charge in [0.1, 0.15) is 0 Å². The first-order chi connectivity index (χ1) is 8.34. The Balaban J connectivity index is 1.75. The third-order valence-electron chi connectivity index (χ3n) is 3.65. The summed E-state index contributed by atoms with van der Waals surface area (Å²) < 4.78 is 0. The molecule has 3 rings (SSSR count). The van der Waals surface area contributed by atoms with Gasteiger partial charge < -0.3 is 4.90 Å². The van der Waals surface area contributed by atoms with Crippen LogP contribution in [0.3, 0.4) is 0 Å². The molecule has 2 aliphatic heterocycles. The van der Waals surface area contributed by atoms with E-state index in [0.29, 0.717) is 5.25 Å². The summed E-state index contributed by atoms with van der Waals surface area (Å²) >= 11 is 1.51. The highest BCUT2D eigenvalue weighted by Crippen LogP contribution is 2.41. The molecular weight excluding hydrogens is 230 g/mol. The summed E-state index contributed by atoms with van der Waals surface area (Å²) in [5.74, 6) is 0. The molecule has 2 nitrogen and oxygen atoms in total. The van der Waals surface area contributed by atoms with E-state index in [0.717, 1.165) is 12.1 Å². The minimum atomic E-state index is 0.252. The van der Waals surface area contributed by atoms with E-state index < -0.39 is 0 Å². The van der Waals surface area contributed by atoms with E-state index >= 15 is 0 Å². The van der Waals surface area contributed by atoms with Gasteiger partial charge in [0.15, 0.2) is 0 Å². The van der Waals surface area contributed by atoms with Crippen molar-refractivity contribution in [2.45, 2.75) is 24.5 Å². The van der Waals surface area contributed by atoms with Crippen LogP contribution in [-0.4, -0.2) is 29.6 Å². The van der Waals surface area contributed by atoms with Gasteiger partial charge in [-0.25, -0.2) is 0 Å². The van der Waals surface area contributed by atoms with Crippen molar-refractivity contribution in [1.29, 1.82) is 0 Å². The molecule has 2 aliphatic rings. The van der Waals surface area contributed by atoms with Gasteiger partial charge in [-0.3, -0.25) is 4.79 Å². The van der Waals surface area contributed by atoms with Crippen LogP contribution in [0.15, 0.2) is 24.3 Å². The molecule has 0 saturated carbocycles. The van der Waals surface area contributed by atoms with Crippen LogP contribution in [0.1, 0.15) is 40.4 Å². The fraction of sp³-hybridized carbons (Fsp3) is 0.500. The standard InChI is InChI=1S/C14H17NOS/c16-14-12-7-3-2-6-11(12)13(17-14)10-15-8-4-1-5-9-15/h2-3,6-7,13H,1,4-5,8-10H2. The summed E-state index contributed by atoms with van der Waals surface area (Å²) in [6, 6.07) is 8.07. The van der Waals surface area contributed by atoms with Crippen molar-refractivity contribution < 1.29 is 4.79 Å². The van der Waals surface area contributed by atoms with Crippen LogP contribution < -0.4 is 0 Å². The highest BCUT2D eigenvalue weighted by Gasteiger charge is 2.31. The van der Waals surface area contributed by atoms with E-state index in [4.69, 9.17) is 0 Å². The van der Waals surface area contributed by atoms with Crippen LogP contribution in [0.25, 0.3) is 0 Å². The minimum Gasteiger partial charge on any atom is -0.302 e. The molecule has 1 aromatic carbocycles. The van der Waals surface area contributed by atoms with Crippen LogP contribution in [0.5, 0.6) is 0 Å². The quantitative estimate of drug-likeness (QED) is 0.801. The number of hydrogen-bond acceptors (Lipinski definition) is 3. The third kappa shape index (κ3) is 2.26. The zero-order valence-corrected chi connectivity index (χ0v) is 10.7. The van der Waals surface area contributed by atoms with Gasteiger partial charge >= 0.3 is 0 Å². The van der Waals surface area contributed by atoms with E-state index in [1.807, 2.05) is 18.2 Å². The number of likely N-dealkylation sites (tertiary alicyclic amines) is 1. The Morgan fingerprint density at radius 2 is 1.94 bits per heavy atom. The molecule has 0 bridgehead atoms. The molecule has 1 unspecified atom stereocenters. The summed E-state index contributed by atoms with van der Waals surface area (Å²) in [5.41, 5.74) is 2.17. The Kier molecular flexibility index (Phi) is 3.21. The third-order valence-corrected chi connectivity index (χ3v) is 4.77. The first kappa shape index (κ1) is 11.3. The minimum absolute atomic E-state index is 0.252. The number of thioether (sulfide) groups is 1. The SMILES string of the molecule is O=C1SC(CN2CCCCC2)c2ccccc21. The summed E-state index contributed by atoms with van der Waals surface area (Å²) in [6.07, 6.45) is 3.99. The van der Waals surface area contributed by atoms with Gasteiger partial charge in [0.2, 0.25) is 5.12 Å². The molecule has 1 aromatic rings. The molecule has 17 heavy (non-hydrogen) atoms. The van der Waals surface area contributed by atoms with Crippen molar-refractivity contribution in [3.8, 4) is 0 Å². The monoisotopic (exact) mass is 247 g/mol. The second-order valence-corrected chi connectivity index (χ2v) is 6.02. The molecule has 0 aliphatic carbocycles. The summed E-state index contributed by atoms with van der Waals surface area (Å²) in [4.78, 5) is 14.4. The largest absolute Gasteiger partial charge is 0.302 e. The molecule has 1 fully saturated rings. The normalized spacial score (nSPS) is 24.9. The lowest BCUT2D eigenvalue weighted by atomic mass is 10.0. The molecule has 1 atom stereocenters. The predicted molar refractivity (Wildman–Crippen MR) is 71.4 cm³/mol. The number of carbonyl (C=O) groups is 1. The van der Waals surface area contributed by atoms with E-state index in [1.165, 1.54) is 49.7 Å². The van der Waals surface area contributed by atoms with Crippen LogP contribution in [0.2, 0.25) is 0 Å². The highest BCUT2D eigenvalue weighted by molar-refractivity contribution is 8.14. The Morgan fingerprint density at radius 3 is 2.76 bits per heavy atom. The molecule has 0 N–H and O–H groups in total. The lowest BCUT2D eigenvalue weighted by molar-refractivity contribution is 0.109. The molecule has 2 heterocycles. The maximum Gasteiger partial charge on any atom is 0.220 e. The maximum absolute atomic E-state index is 11.9. The second-order valence-electron chi connectivity index (χ2n) is 4.84. The zero-order chi connectivity index (χ0) is 11.7. The molecule has 90 valence electrons. The molecule has 3 heteroatoms. The molecule has 0 amide bonds. The smallest absolute Gasteiger partial charge is 0.220 e. The first-order valence-electron chi connectivity index (χ1n) is 6.37. The van der Waals surface area contributed by atoms with Gasteiger partial charge in [-0.2, -0.15) is 0 Å².